The third-order valence-corrected chi connectivity index (χ3v) is 6.39. The van der Waals surface area contributed by atoms with Gasteiger partial charge in [-0.2, -0.15) is 5.26 Å². The lowest BCUT2D eigenvalue weighted by atomic mass is 9.97. The Morgan fingerprint density at radius 1 is 1.21 bits per heavy atom. The van der Waals surface area contributed by atoms with E-state index in [1.54, 1.807) is 30.3 Å². The summed E-state index contributed by atoms with van der Waals surface area (Å²) < 4.78 is 20.2. The van der Waals surface area contributed by atoms with Gasteiger partial charge in [-0.1, -0.05) is 23.7 Å². The molecule has 1 saturated carbocycles. The number of likely N-dealkylation sites (tertiary alicyclic amines) is 1. The predicted octanol–water partition coefficient (Wildman–Crippen LogP) is 4.47. The number of halogens is 2. The summed E-state index contributed by atoms with van der Waals surface area (Å²) in [4.78, 5) is 2.43. The monoisotopic (exact) mass is 413 g/mol. The van der Waals surface area contributed by atoms with E-state index in [2.05, 4.69) is 11.0 Å². The van der Waals surface area contributed by atoms with Crippen molar-refractivity contribution >= 4 is 11.6 Å². The zero-order chi connectivity index (χ0) is 20.4. The Hall–Kier alpha value is -2.13. The van der Waals surface area contributed by atoms with Crippen LogP contribution in [0.5, 0.6) is 5.75 Å². The van der Waals surface area contributed by atoms with Gasteiger partial charge in [0, 0.05) is 18.6 Å². The van der Waals surface area contributed by atoms with Crippen molar-refractivity contribution in [2.24, 2.45) is 5.73 Å². The van der Waals surface area contributed by atoms with Crippen LogP contribution in [0.15, 0.2) is 42.5 Å². The van der Waals surface area contributed by atoms with Gasteiger partial charge >= 0.3 is 0 Å². The maximum absolute atomic E-state index is 13.8. The third kappa shape index (κ3) is 4.56. The molecule has 4 nitrogen and oxygen atoms in total. The Morgan fingerprint density at radius 2 is 2.07 bits per heavy atom. The minimum atomic E-state index is -0.210. The first-order valence-electron chi connectivity index (χ1n) is 10.1. The number of piperidine rings is 1. The van der Waals surface area contributed by atoms with Crippen molar-refractivity contribution in [3.05, 3.63) is 64.4 Å². The fourth-order valence-electron chi connectivity index (χ4n) is 4.69. The Balaban J connectivity index is 1.58. The van der Waals surface area contributed by atoms with E-state index in [0.717, 1.165) is 44.3 Å². The zero-order valence-corrected chi connectivity index (χ0v) is 17.0. The van der Waals surface area contributed by atoms with Crippen LogP contribution >= 0.6 is 11.6 Å². The van der Waals surface area contributed by atoms with Crippen molar-refractivity contribution in [1.82, 2.24) is 4.90 Å². The molecule has 2 N–H and O–H groups in total. The largest absolute Gasteiger partial charge is 0.487 e. The zero-order valence-electron chi connectivity index (χ0n) is 16.2. The van der Waals surface area contributed by atoms with E-state index in [4.69, 9.17) is 27.3 Å². The molecule has 1 aliphatic heterocycles. The second-order valence-electron chi connectivity index (χ2n) is 8.10. The van der Waals surface area contributed by atoms with E-state index < -0.39 is 0 Å². The fraction of sp³-hybridized carbons (Fsp3) is 0.435. The average molecular weight is 414 g/mol. The molecule has 1 aliphatic carbocycles. The maximum Gasteiger partial charge on any atom is 0.138 e. The molecular weight excluding hydrogens is 389 g/mol. The Morgan fingerprint density at radius 3 is 2.79 bits per heavy atom. The van der Waals surface area contributed by atoms with Crippen molar-refractivity contribution < 1.29 is 9.13 Å². The molecule has 4 rings (SSSR count). The van der Waals surface area contributed by atoms with Crippen molar-refractivity contribution in [1.29, 1.82) is 5.26 Å². The molecule has 0 aromatic heterocycles. The molecule has 2 fully saturated rings. The molecule has 2 aromatic rings. The summed E-state index contributed by atoms with van der Waals surface area (Å²) in [6, 6.07) is 14.4. The summed E-state index contributed by atoms with van der Waals surface area (Å²) in [5, 5.41) is 9.50. The van der Waals surface area contributed by atoms with Gasteiger partial charge in [-0.25, -0.2) is 4.39 Å². The van der Waals surface area contributed by atoms with Crippen LogP contribution in [0.1, 0.15) is 42.7 Å². The highest BCUT2D eigenvalue weighted by Crippen LogP contribution is 2.41. The minimum Gasteiger partial charge on any atom is -0.487 e. The van der Waals surface area contributed by atoms with Crippen LogP contribution in [0.4, 0.5) is 4.39 Å². The standard InChI is InChI=1S/C23H25ClFN3O/c24-20-9-15(13-26)6-7-22(20)29-23-12-17(16-3-1-4-18(25)10-16)11-21(23)28-8-2-5-19(27)14-28/h1,3-4,6-7,9-10,17,19,21,23H,2,5,8,11-12,14,27H2/t17?,19-,21?,23?/m0/s1. The maximum atomic E-state index is 13.8. The van der Waals surface area contributed by atoms with Crippen LogP contribution in [0, 0.1) is 17.1 Å². The highest BCUT2D eigenvalue weighted by molar-refractivity contribution is 6.32. The van der Waals surface area contributed by atoms with Crippen molar-refractivity contribution in [3.63, 3.8) is 0 Å². The van der Waals surface area contributed by atoms with Crippen LogP contribution in [-0.4, -0.2) is 36.2 Å². The van der Waals surface area contributed by atoms with E-state index in [1.165, 1.54) is 6.07 Å². The van der Waals surface area contributed by atoms with Gasteiger partial charge in [0.15, 0.2) is 0 Å². The molecular formula is C23H25ClFN3O. The molecule has 0 bridgehead atoms. The molecule has 152 valence electrons. The number of rotatable bonds is 4. The number of ether oxygens (including phenoxy) is 1. The first-order chi connectivity index (χ1) is 14.0. The number of hydrogen-bond acceptors (Lipinski definition) is 4. The molecule has 1 heterocycles. The third-order valence-electron chi connectivity index (χ3n) is 6.09. The number of hydrogen-bond donors (Lipinski definition) is 1. The number of nitrogens with zero attached hydrogens (tertiary/aromatic N) is 2. The smallest absolute Gasteiger partial charge is 0.138 e. The summed E-state index contributed by atoms with van der Waals surface area (Å²) >= 11 is 6.36. The molecule has 29 heavy (non-hydrogen) atoms. The highest BCUT2D eigenvalue weighted by Gasteiger charge is 2.41. The lowest BCUT2D eigenvalue weighted by Gasteiger charge is -2.38. The van der Waals surface area contributed by atoms with E-state index in [0.29, 0.717) is 16.3 Å². The minimum absolute atomic E-state index is 0.0704. The average Bonchev–Trinajstić information content (AvgIpc) is 3.13. The Kier molecular flexibility index (Phi) is 6.05. The van der Waals surface area contributed by atoms with Crippen molar-refractivity contribution in [2.45, 2.75) is 49.8 Å². The SMILES string of the molecule is N#Cc1ccc(OC2CC(c3cccc(F)c3)CC2N2CCC[C@H](N)C2)c(Cl)c1. The summed E-state index contributed by atoms with van der Waals surface area (Å²) in [6.45, 7) is 1.84. The molecule has 2 aromatic carbocycles. The summed E-state index contributed by atoms with van der Waals surface area (Å²) in [6.07, 6.45) is 3.74. The molecule has 0 radical (unpaired) electrons. The van der Waals surface area contributed by atoms with Gasteiger partial charge in [-0.3, -0.25) is 4.90 Å². The molecule has 6 heteroatoms. The number of nitrogens with two attached hydrogens (primary N) is 1. The van der Waals surface area contributed by atoms with Gasteiger partial charge in [0.25, 0.3) is 0 Å². The Bertz CT molecular complexity index is 915. The van der Waals surface area contributed by atoms with Gasteiger partial charge in [-0.05, 0) is 74.0 Å². The van der Waals surface area contributed by atoms with Gasteiger partial charge in [-0.15, -0.1) is 0 Å². The summed E-state index contributed by atoms with van der Waals surface area (Å²) in [7, 11) is 0. The predicted molar refractivity (Wildman–Crippen MR) is 112 cm³/mol. The van der Waals surface area contributed by atoms with E-state index in [1.807, 2.05) is 6.07 Å². The molecule has 2 aliphatic rings. The van der Waals surface area contributed by atoms with E-state index >= 15 is 0 Å². The van der Waals surface area contributed by atoms with Crippen LogP contribution < -0.4 is 10.5 Å². The second-order valence-corrected chi connectivity index (χ2v) is 8.51. The van der Waals surface area contributed by atoms with E-state index in [9.17, 15) is 4.39 Å². The summed E-state index contributed by atoms with van der Waals surface area (Å²) in [5.41, 5.74) is 7.74. The Labute approximate surface area is 176 Å². The van der Waals surface area contributed by atoms with Crippen LogP contribution in [0.25, 0.3) is 0 Å². The number of benzene rings is 2. The molecule has 1 saturated heterocycles. The van der Waals surface area contributed by atoms with Crippen molar-refractivity contribution in [2.75, 3.05) is 13.1 Å². The summed E-state index contributed by atoms with van der Waals surface area (Å²) in [5.74, 6) is 0.594. The van der Waals surface area contributed by atoms with Crippen molar-refractivity contribution in [3.8, 4) is 11.8 Å². The van der Waals surface area contributed by atoms with E-state index in [-0.39, 0.29) is 29.9 Å². The van der Waals surface area contributed by atoms with Crippen LogP contribution in [-0.2, 0) is 0 Å². The van der Waals surface area contributed by atoms with Gasteiger partial charge in [0.1, 0.15) is 17.7 Å². The first-order valence-corrected chi connectivity index (χ1v) is 10.5. The number of nitriles is 1. The molecule has 4 atom stereocenters. The normalized spacial score (nSPS) is 27.5. The van der Waals surface area contributed by atoms with Gasteiger partial charge < -0.3 is 10.5 Å². The highest BCUT2D eigenvalue weighted by atomic mass is 35.5. The quantitative estimate of drug-likeness (QED) is 0.803. The second kappa shape index (κ2) is 8.71. The molecule has 3 unspecified atom stereocenters. The lowest BCUT2D eigenvalue weighted by molar-refractivity contribution is 0.0682. The first kappa shape index (κ1) is 20.2. The van der Waals surface area contributed by atoms with Crippen LogP contribution in [0.3, 0.4) is 0 Å². The van der Waals surface area contributed by atoms with Crippen LogP contribution in [0.2, 0.25) is 5.02 Å². The molecule has 0 spiro atoms. The van der Waals surface area contributed by atoms with Gasteiger partial charge in [0.05, 0.1) is 16.7 Å². The topological polar surface area (TPSA) is 62.3 Å². The fourth-order valence-corrected chi connectivity index (χ4v) is 4.92. The lowest BCUT2D eigenvalue weighted by Crippen LogP contribution is -2.51. The van der Waals surface area contributed by atoms with Gasteiger partial charge in [0.2, 0.25) is 0 Å². The molecule has 0 amide bonds.